The summed E-state index contributed by atoms with van der Waals surface area (Å²) in [6.07, 6.45) is 5.19. The van der Waals surface area contributed by atoms with E-state index in [4.69, 9.17) is 0 Å². The fourth-order valence-electron chi connectivity index (χ4n) is 2.91. The molecule has 0 amide bonds. The first-order chi connectivity index (χ1) is 14.7. The summed E-state index contributed by atoms with van der Waals surface area (Å²) in [6, 6.07) is 20.2. The summed E-state index contributed by atoms with van der Waals surface area (Å²) in [5.74, 6) is 0.454. The van der Waals surface area contributed by atoms with Gasteiger partial charge in [0, 0.05) is 49.4 Å². The van der Waals surface area contributed by atoms with Gasteiger partial charge in [-0.1, -0.05) is 30.3 Å². The molecule has 3 aromatic rings. The third-order valence-electron chi connectivity index (χ3n) is 4.54. The molecule has 0 aliphatic carbocycles. The number of phenols is 2. The maximum Gasteiger partial charge on any atom is 0.124 e. The lowest BCUT2D eigenvalue weighted by Crippen LogP contribution is -2.29. The lowest BCUT2D eigenvalue weighted by atomic mass is 10.2. The van der Waals surface area contributed by atoms with E-state index >= 15 is 0 Å². The molecule has 2 N–H and O–H groups in total. The number of aliphatic imine (C=N–C) groups is 2. The number of rotatable bonds is 10. The Balaban J connectivity index is 1.56. The van der Waals surface area contributed by atoms with Crippen molar-refractivity contribution in [2.45, 2.75) is 6.54 Å². The number of phenolic OH excluding ortho intramolecular Hbond substituents is 2. The highest BCUT2D eigenvalue weighted by Crippen LogP contribution is 2.13. The number of aromatic hydroxyl groups is 2. The molecule has 0 aliphatic heterocycles. The Morgan fingerprint density at radius 3 is 1.77 bits per heavy atom. The van der Waals surface area contributed by atoms with Crippen LogP contribution in [0.15, 0.2) is 82.9 Å². The maximum absolute atomic E-state index is 9.83. The van der Waals surface area contributed by atoms with Crippen LogP contribution in [0.1, 0.15) is 16.8 Å². The first-order valence-corrected chi connectivity index (χ1v) is 9.90. The van der Waals surface area contributed by atoms with Crippen molar-refractivity contribution in [2.24, 2.45) is 9.98 Å². The zero-order chi connectivity index (χ0) is 21.0. The highest BCUT2D eigenvalue weighted by molar-refractivity contribution is 5.83. The molecule has 0 unspecified atom stereocenters. The zero-order valence-corrected chi connectivity index (χ0v) is 16.8. The lowest BCUT2D eigenvalue weighted by molar-refractivity contribution is 0.278. The molecule has 2 aromatic carbocycles. The molecule has 0 saturated heterocycles. The van der Waals surface area contributed by atoms with Crippen molar-refractivity contribution >= 4 is 12.4 Å². The van der Waals surface area contributed by atoms with Crippen molar-refractivity contribution in [3.63, 3.8) is 0 Å². The van der Waals surface area contributed by atoms with Crippen LogP contribution < -0.4 is 0 Å². The van der Waals surface area contributed by atoms with Crippen LogP contribution >= 0.6 is 0 Å². The van der Waals surface area contributed by atoms with E-state index in [-0.39, 0.29) is 11.5 Å². The van der Waals surface area contributed by atoms with Crippen molar-refractivity contribution in [1.82, 2.24) is 9.88 Å². The third kappa shape index (κ3) is 6.83. The quantitative estimate of drug-likeness (QED) is 0.508. The Morgan fingerprint density at radius 1 is 0.733 bits per heavy atom. The van der Waals surface area contributed by atoms with Gasteiger partial charge >= 0.3 is 0 Å². The van der Waals surface area contributed by atoms with Gasteiger partial charge in [-0.05, 0) is 36.4 Å². The van der Waals surface area contributed by atoms with Gasteiger partial charge in [0.05, 0.1) is 18.8 Å². The minimum atomic E-state index is 0.227. The topological polar surface area (TPSA) is 81.3 Å². The molecule has 0 spiro atoms. The van der Waals surface area contributed by atoms with Crippen LogP contribution in [-0.2, 0) is 6.54 Å². The standard InChI is InChI=1S/C24H26N4O2/c29-23-10-3-1-7-20(23)17-25-13-15-28(19-22-9-5-6-12-27-22)16-14-26-18-21-8-2-4-11-24(21)30/h1-12,17-18,29-30H,13-16,19H2. The second-order valence-corrected chi connectivity index (χ2v) is 6.79. The average Bonchev–Trinajstić information content (AvgIpc) is 2.77. The average molecular weight is 402 g/mol. The summed E-state index contributed by atoms with van der Waals surface area (Å²) >= 11 is 0. The number of benzene rings is 2. The summed E-state index contributed by atoms with van der Waals surface area (Å²) in [5.41, 5.74) is 2.41. The van der Waals surface area contributed by atoms with Gasteiger partial charge in [-0.15, -0.1) is 0 Å². The molecule has 0 fully saturated rings. The van der Waals surface area contributed by atoms with Gasteiger partial charge in [0.2, 0.25) is 0 Å². The van der Waals surface area contributed by atoms with Crippen LogP contribution in [0.4, 0.5) is 0 Å². The monoisotopic (exact) mass is 402 g/mol. The Labute approximate surface area is 176 Å². The van der Waals surface area contributed by atoms with Gasteiger partial charge < -0.3 is 10.2 Å². The minimum Gasteiger partial charge on any atom is -0.507 e. The van der Waals surface area contributed by atoms with Crippen molar-refractivity contribution in [1.29, 1.82) is 0 Å². The summed E-state index contributed by atoms with van der Waals surface area (Å²) in [6.45, 7) is 3.40. The lowest BCUT2D eigenvalue weighted by Gasteiger charge is -2.20. The number of hydrogen-bond donors (Lipinski definition) is 2. The van der Waals surface area contributed by atoms with Crippen molar-refractivity contribution < 1.29 is 10.2 Å². The van der Waals surface area contributed by atoms with Gasteiger partial charge in [-0.3, -0.25) is 19.9 Å². The number of aromatic nitrogens is 1. The zero-order valence-electron chi connectivity index (χ0n) is 16.8. The van der Waals surface area contributed by atoms with Crippen LogP contribution in [0.3, 0.4) is 0 Å². The summed E-state index contributed by atoms with van der Waals surface area (Å²) in [4.78, 5) is 15.6. The van der Waals surface area contributed by atoms with E-state index in [1.54, 1.807) is 42.9 Å². The fourth-order valence-corrected chi connectivity index (χ4v) is 2.91. The predicted molar refractivity (Wildman–Crippen MR) is 121 cm³/mol. The van der Waals surface area contributed by atoms with Gasteiger partial charge in [0.25, 0.3) is 0 Å². The fraction of sp³-hybridized carbons (Fsp3) is 0.208. The Bertz CT molecular complexity index is 914. The second-order valence-electron chi connectivity index (χ2n) is 6.79. The molecule has 3 rings (SSSR count). The molecule has 6 heteroatoms. The molecule has 0 atom stereocenters. The van der Waals surface area contributed by atoms with E-state index in [0.717, 1.165) is 18.8 Å². The molecule has 0 bridgehead atoms. The molecule has 30 heavy (non-hydrogen) atoms. The maximum atomic E-state index is 9.83. The van der Waals surface area contributed by atoms with E-state index < -0.39 is 0 Å². The highest BCUT2D eigenvalue weighted by Gasteiger charge is 2.06. The van der Waals surface area contributed by atoms with Gasteiger partial charge in [-0.2, -0.15) is 0 Å². The predicted octanol–water partition coefficient (Wildman–Crippen LogP) is 3.53. The molecular formula is C24H26N4O2. The van der Waals surface area contributed by atoms with E-state index in [1.165, 1.54) is 0 Å². The Hall–Kier alpha value is -3.51. The number of nitrogens with zero attached hydrogens (tertiary/aromatic N) is 4. The van der Waals surface area contributed by atoms with Gasteiger partial charge in [-0.25, -0.2) is 0 Å². The van der Waals surface area contributed by atoms with Crippen LogP contribution in [0.2, 0.25) is 0 Å². The third-order valence-corrected chi connectivity index (χ3v) is 4.54. The summed E-state index contributed by atoms with van der Waals surface area (Å²) < 4.78 is 0. The first-order valence-electron chi connectivity index (χ1n) is 9.90. The molecule has 6 nitrogen and oxygen atoms in total. The molecule has 0 aliphatic rings. The second kappa shape index (κ2) is 11.5. The van der Waals surface area contributed by atoms with Crippen LogP contribution in [0.5, 0.6) is 11.5 Å². The molecular weight excluding hydrogens is 376 g/mol. The minimum absolute atomic E-state index is 0.227. The van der Waals surface area contributed by atoms with Crippen LogP contribution in [0.25, 0.3) is 0 Å². The number of hydrogen-bond acceptors (Lipinski definition) is 6. The van der Waals surface area contributed by atoms with E-state index in [0.29, 0.717) is 30.8 Å². The van der Waals surface area contributed by atoms with E-state index in [1.807, 2.05) is 42.5 Å². The smallest absolute Gasteiger partial charge is 0.124 e. The van der Waals surface area contributed by atoms with Crippen molar-refractivity contribution in [3.8, 4) is 11.5 Å². The largest absolute Gasteiger partial charge is 0.507 e. The molecule has 154 valence electrons. The van der Waals surface area contributed by atoms with E-state index in [9.17, 15) is 10.2 Å². The SMILES string of the molecule is Oc1ccccc1C=NCCN(CCN=Cc1ccccc1O)Cc1ccccn1. The number of pyridine rings is 1. The molecule has 0 saturated carbocycles. The first kappa shape index (κ1) is 21.2. The highest BCUT2D eigenvalue weighted by atomic mass is 16.3. The Kier molecular flexibility index (Phi) is 8.12. The van der Waals surface area contributed by atoms with Gasteiger partial charge in [0.15, 0.2) is 0 Å². The Morgan fingerprint density at radius 2 is 1.27 bits per heavy atom. The van der Waals surface area contributed by atoms with Crippen molar-refractivity contribution in [3.05, 3.63) is 89.7 Å². The van der Waals surface area contributed by atoms with Crippen LogP contribution in [-0.4, -0.2) is 58.7 Å². The van der Waals surface area contributed by atoms with Crippen molar-refractivity contribution in [2.75, 3.05) is 26.2 Å². The van der Waals surface area contributed by atoms with Crippen LogP contribution in [0, 0.1) is 0 Å². The molecule has 1 heterocycles. The summed E-state index contributed by atoms with van der Waals surface area (Å²) in [5, 5.41) is 19.7. The summed E-state index contributed by atoms with van der Waals surface area (Å²) in [7, 11) is 0. The normalized spacial score (nSPS) is 11.6. The molecule has 0 radical (unpaired) electrons. The van der Waals surface area contributed by atoms with Gasteiger partial charge in [0.1, 0.15) is 11.5 Å². The number of para-hydroxylation sites is 2. The molecule has 1 aromatic heterocycles. The van der Waals surface area contributed by atoms with E-state index in [2.05, 4.69) is 19.9 Å².